The Bertz CT molecular complexity index is 940. The maximum absolute atomic E-state index is 13.9. The first kappa shape index (κ1) is 19.7. The molecule has 2 rings (SSSR count). The normalized spacial score (nSPS) is 11.4. The Morgan fingerprint density at radius 3 is 2.23 bits per heavy atom. The Morgan fingerprint density at radius 2 is 1.65 bits per heavy atom. The van der Waals surface area contributed by atoms with E-state index in [2.05, 4.69) is 0 Å². The summed E-state index contributed by atoms with van der Waals surface area (Å²) in [4.78, 5) is 23.6. The minimum absolute atomic E-state index is 0.114. The number of carbonyl (C=O) groups is 2. The first-order valence-corrected chi connectivity index (χ1v) is 8.75. The lowest BCUT2D eigenvalue weighted by Crippen LogP contribution is -2.23. The average Bonchev–Trinajstić information content (AvgIpc) is 2.60. The molecule has 0 N–H and O–H groups in total. The van der Waals surface area contributed by atoms with Gasteiger partial charge in [0.05, 0.1) is 10.5 Å². The molecule has 0 amide bonds. The van der Waals surface area contributed by atoms with Crippen LogP contribution < -0.4 is 0 Å². The fraction of sp³-hybridized carbons (Fsp3) is 0.176. The quantitative estimate of drug-likeness (QED) is 0.565. The highest BCUT2D eigenvalue weighted by atomic mass is 32.2. The van der Waals surface area contributed by atoms with Crippen molar-refractivity contribution in [3.63, 3.8) is 0 Å². The fourth-order valence-electron chi connectivity index (χ4n) is 1.96. The van der Waals surface area contributed by atoms with Gasteiger partial charge in [0.25, 0.3) is 0 Å². The van der Waals surface area contributed by atoms with Gasteiger partial charge in [-0.05, 0) is 42.5 Å². The number of hydrogen-bond donors (Lipinski definition) is 0. The maximum Gasteiger partial charge on any atom is 0.341 e. The summed E-state index contributed by atoms with van der Waals surface area (Å²) in [6.07, 6.45) is 0. The standard InChI is InChI=1S/C17H15F2NO5S/c1-20(2)26(23,24)13-7-8-15(19)14(9-13)17(22)25-10-16(21)11-3-5-12(18)6-4-11/h3-9H,10H2,1-2H3. The van der Waals surface area contributed by atoms with E-state index in [-0.39, 0.29) is 10.5 Å². The number of esters is 1. The van der Waals surface area contributed by atoms with Crippen LogP contribution in [0.2, 0.25) is 0 Å². The number of Topliss-reactive ketones (excluding diaryl/α,β-unsaturated/α-hetero) is 1. The van der Waals surface area contributed by atoms with Crippen LogP contribution in [0.25, 0.3) is 0 Å². The van der Waals surface area contributed by atoms with Gasteiger partial charge in [0.2, 0.25) is 10.0 Å². The molecule has 6 nitrogen and oxygen atoms in total. The lowest BCUT2D eigenvalue weighted by atomic mass is 10.1. The van der Waals surface area contributed by atoms with Crippen molar-refractivity contribution in [2.75, 3.05) is 20.7 Å². The number of sulfonamides is 1. The number of rotatable bonds is 6. The molecule has 138 valence electrons. The van der Waals surface area contributed by atoms with Crippen molar-refractivity contribution in [2.45, 2.75) is 4.90 Å². The second-order valence-corrected chi connectivity index (χ2v) is 7.59. The summed E-state index contributed by atoms with van der Waals surface area (Å²) in [7, 11) is -1.29. The monoisotopic (exact) mass is 383 g/mol. The van der Waals surface area contributed by atoms with Crippen LogP contribution in [0.1, 0.15) is 20.7 Å². The topological polar surface area (TPSA) is 80.8 Å². The molecular weight excluding hydrogens is 368 g/mol. The van der Waals surface area contributed by atoms with Crippen molar-refractivity contribution in [1.29, 1.82) is 0 Å². The van der Waals surface area contributed by atoms with Gasteiger partial charge in [-0.2, -0.15) is 0 Å². The summed E-state index contributed by atoms with van der Waals surface area (Å²) < 4.78 is 56.5. The molecule has 0 spiro atoms. The van der Waals surface area contributed by atoms with Crippen LogP contribution >= 0.6 is 0 Å². The van der Waals surface area contributed by atoms with Crippen molar-refractivity contribution < 1.29 is 31.5 Å². The number of benzene rings is 2. The van der Waals surface area contributed by atoms with E-state index in [1.165, 1.54) is 26.2 Å². The summed E-state index contributed by atoms with van der Waals surface area (Å²) in [6.45, 7) is -0.700. The lowest BCUT2D eigenvalue weighted by molar-refractivity contribution is 0.0470. The first-order chi connectivity index (χ1) is 12.1. The molecule has 9 heteroatoms. The molecule has 0 aliphatic carbocycles. The van der Waals surface area contributed by atoms with E-state index < -0.39 is 45.6 Å². The zero-order chi connectivity index (χ0) is 19.5. The van der Waals surface area contributed by atoms with Crippen LogP contribution in [0, 0.1) is 11.6 Å². The highest BCUT2D eigenvalue weighted by Gasteiger charge is 2.22. The smallest absolute Gasteiger partial charge is 0.341 e. The number of carbonyl (C=O) groups excluding carboxylic acids is 2. The number of ether oxygens (including phenoxy) is 1. The highest BCUT2D eigenvalue weighted by molar-refractivity contribution is 7.89. The molecule has 0 saturated carbocycles. The molecule has 0 saturated heterocycles. The van der Waals surface area contributed by atoms with Crippen LogP contribution in [0.4, 0.5) is 8.78 Å². The highest BCUT2D eigenvalue weighted by Crippen LogP contribution is 2.18. The van der Waals surface area contributed by atoms with E-state index in [9.17, 15) is 26.8 Å². The number of ketones is 1. The molecule has 0 radical (unpaired) electrons. The largest absolute Gasteiger partial charge is 0.454 e. The van der Waals surface area contributed by atoms with Gasteiger partial charge < -0.3 is 4.74 Å². The van der Waals surface area contributed by atoms with Crippen LogP contribution in [-0.2, 0) is 14.8 Å². The fourth-order valence-corrected chi connectivity index (χ4v) is 2.89. The molecular formula is C17H15F2NO5S. The third-order valence-corrected chi connectivity index (χ3v) is 5.25. The number of hydrogen-bond acceptors (Lipinski definition) is 5. The second-order valence-electron chi connectivity index (χ2n) is 5.44. The van der Waals surface area contributed by atoms with Gasteiger partial charge in [-0.25, -0.2) is 26.3 Å². The first-order valence-electron chi connectivity index (χ1n) is 7.31. The molecule has 0 bridgehead atoms. The Morgan fingerprint density at radius 1 is 1.04 bits per heavy atom. The molecule has 0 aromatic heterocycles. The molecule has 0 atom stereocenters. The molecule has 2 aromatic carbocycles. The Hall–Kier alpha value is -2.65. The van der Waals surface area contributed by atoms with Crippen molar-refractivity contribution in [2.24, 2.45) is 0 Å². The maximum atomic E-state index is 13.9. The Labute approximate surface area is 149 Å². The molecule has 0 aliphatic heterocycles. The molecule has 0 unspecified atom stereocenters. The Kier molecular flexibility index (Phi) is 5.83. The van der Waals surface area contributed by atoms with Crippen molar-refractivity contribution in [3.8, 4) is 0 Å². The van der Waals surface area contributed by atoms with Gasteiger partial charge in [-0.1, -0.05) is 0 Å². The summed E-state index contributed by atoms with van der Waals surface area (Å²) in [6, 6.07) is 7.27. The van der Waals surface area contributed by atoms with Gasteiger partial charge in [0.1, 0.15) is 11.6 Å². The predicted octanol–water partition coefficient (Wildman–Crippen LogP) is 2.25. The van der Waals surface area contributed by atoms with Gasteiger partial charge in [0, 0.05) is 19.7 Å². The number of halogens is 2. The zero-order valence-electron chi connectivity index (χ0n) is 13.9. The average molecular weight is 383 g/mol. The van der Waals surface area contributed by atoms with E-state index in [0.29, 0.717) is 0 Å². The summed E-state index contributed by atoms with van der Waals surface area (Å²) in [5.41, 5.74) is -0.497. The van der Waals surface area contributed by atoms with Crippen LogP contribution in [-0.4, -0.2) is 45.2 Å². The van der Waals surface area contributed by atoms with Crippen molar-refractivity contribution in [3.05, 3.63) is 65.2 Å². The van der Waals surface area contributed by atoms with E-state index in [1.807, 2.05) is 0 Å². The minimum Gasteiger partial charge on any atom is -0.454 e. The van der Waals surface area contributed by atoms with Gasteiger partial charge in [-0.15, -0.1) is 0 Å². The second kappa shape index (κ2) is 7.71. The van der Waals surface area contributed by atoms with Gasteiger partial charge in [-0.3, -0.25) is 4.79 Å². The van der Waals surface area contributed by atoms with Gasteiger partial charge in [0.15, 0.2) is 12.4 Å². The van der Waals surface area contributed by atoms with E-state index in [4.69, 9.17) is 4.74 Å². The van der Waals surface area contributed by atoms with Crippen molar-refractivity contribution in [1.82, 2.24) is 4.31 Å². The zero-order valence-corrected chi connectivity index (χ0v) is 14.7. The minimum atomic E-state index is -3.87. The third-order valence-electron chi connectivity index (χ3n) is 3.44. The molecule has 0 aliphatic rings. The molecule has 0 fully saturated rings. The van der Waals surface area contributed by atoms with E-state index in [0.717, 1.165) is 34.6 Å². The molecule has 26 heavy (non-hydrogen) atoms. The van der Waals surface area contributed by atoms with Crippen LogP contribution in [0.15, 0.2) is 47.4 Å². The lowest BCUT2D eigenvalue weighted by Gasteiger charge is -2.12. The van der Waals surface area contributed by atoms with Gasteiger partial charge >= 0.3 is 5.97 Å². The predicted molar refractivity (Wildman–Crippen MR) is 88.3 cm³/mol. The number of nitrogens with zero attached hydrogens (tertiary/aromatic N) is 1. The van der Waals surface area contributed by atoms with E-state index >= 15 is 0 Å². The summed E-state index contributed by atoms with van der Waals surface area (Å²) in [5, 5.41) is 0. The molecule has 0 heterocycles. The van der Waals surface area contributed by atoms with Crippen molar-refractivity contribution >= 4 is 21.8 Å². The summed E-state index contributed by atoms with van der Waals surface area (Å²) >= 11 is 0. The molecule has 2 aromatic rings. The van der Waals surface area contributed by atoms with Crippen LogP contribution in [0.3, 0.4) is 0 Å². The van der Waals surface area contributed by atoms with E-state index in [1.54, 1.807) is 0 Å². The van der Waals surface area contributed by atoms with Crippen LogP contribution in [0.5, 0.6) is 0 Å². The third kappa shape index (κ3) is 4.30. The SMILES string of the molecule is CN(C)S(=O)(=O)c1ccc(F)c(C(=O)OCC(=O)c2ccc(F)cc2)c1. The Balaban J connectivity index is 2.17. The summed E-state index contributed by atoms with van der Waals surface area (Å²) in [5.74, 6) is -3.31.